The molecule has 0 saturated carbocycles. The van der Waals surface area contributed by atoms with Crippen LogP contribution in [0.25, 0.3) is 0 Å². The summed E-state index contributed by atoms with van der Waals surface area (Å²) in [6.45, 7) is 1.93. The van der Waals surface area contributed by atoms with E-state index < -0.39 is 23.4 Å². The number of carbonyl (C=O) groups excluding carboxylic acids is 2. The van der Waals surface area contributed by atoms with E-state index in [4.69, 9.17) is 9.57 Å². The lowest BCUT2D eigenvalue weighted by atomic mass is 9.78. The molecule has 0 fully saturated rings. The molecule has 1 amide bonds. The molecule has 0 saturated heterocycles. The number of nitrogens with one attached hydrogen (secondary N) is 1. The van der Waals surface area contributed by atoms with E-state index in [0.29, 0.717) is 17.0 Å². The summed E-state index contributed by atoms with van der Waals surface area (Å²) in [6.07, 6.45) is 0. The van der Waals surface area contributed by atoms with E-state index in [1.54, 1.807) is 25.1 Å². The Balaban J connectivity index is 1.87. The molecule has 2 aromatic carbocycles. The molecule has 6 heteroatoms. The van der Waals surface area contributed by atoms with Gasteiger partial charge in [-0.15, -0.1) is 0 Å². The summed E-state index contributed by atoms with van der Waals surface area (Å²) in [6, 6.07) is 16.3. The summed E-state index contributed by atoms with van der Waals surface area (Å²) in [5.41, 5.74) is 0.785. The fraction of sp³-hybridized carbons (Fsp3) is 0.211. The molecule has 2 aromatic rings. The van der Waals surface area contributed by atoms with Gasteiger partial charge < -0.3 is 14.9 Å². The highest BCUT2D eigenvalue weighted by atomic mass is 16.7. The van der Waals surface area contributed by atoms with E-state index in [0.717, 1.165) is 5.56 Å². The van der Waals surface area contributed by atoms with Crippen molar-refractivity contribution in [2.45, 2.75) is 12.5 Å². The maximum absolute atomic E-state index is 12.8. The molecule has 2 heterocycles. The van der Waals surface area contributed by atoms with Gasteiger partial charge in [0, 0.05) is 16.8 Å². The predicted molar refractivity (Wildman–Crippen MR) is 90.9 cm³/mol. The van der Waals surface area contributed by atoms with Crippen molar-refractivity contribution in [1.29, 1.82) is 0 Å². The zero-order chi connectivity index (χ0) is 17.4. The number of oxime groups is 1. The fourth-order valence-corrected chi connectivity index (χ4v) is 3.38. The van der Waals surface area contributed by atoms with Crippen molar-refractivity contribution >= 4 is 23.3 Å². The summed E-state index contributed by atoms with van der Waals surface area (Å²) < 4.78 is 5.25. The van der Waals surface area contributed by atoms with Gasteiger partial charge in [-0.3, -0.25) is 9.59 Å². The minimum absolute atomic E-state index is 0.205. The summed E-state index contributed by atoms with van der Waals surface area (Å²) in [5.74, 6) is -1.92. The lowest BCUT2D eigenvalue weighted by molar-refractivity contribution is -0.161. The first-order valence-electron chi connectivity index (χ1n) is 8.07. The van der Waals surface area contributed by atoms with Crippen LogP contribution in [0.4, 0.5) is 5.69 Å². The number of amides is 1. The van der Waals surface area contributed by atoms with Crippen LogP contribution in [0, 0.1) is 5.92 Å². The van der Waals surface area contributed by atoms with Crippen molar-refractivity contribution < 1.29 is 19.2 Å². The van der Waals surface area contributed by atoms with Crippen molar-refractivity contribution in [3.63, 3.8) is 0 Å². The summed E-state index contributed by atoms with van der Waals surface area (Å²) in [5, 5.41) is 6.91. The summed E-state index contributed by atoms with van der Waals surface area (Å²) in [7, 11) is 0. The second-order valence-electron chi connectivity index (χ2n) is 5.85. The van der Waals surface area contributed by atoms with Gasteiger partial charge in [0.05, 0.1) is 6.61 Å². The third kappa shape index (κ3) is 2.14. The van der Waals surface area contributed by atoms with E-state index >= 15 is 0 Å². The van der Waals surface area contributed by atoms with Gasteiger partial charge in [0.2, 0.25) is 0 Å². The highest BCUT2D eigenvalue weighted by Gasteiger charge is 2.64. The standard InChI is InChI=1S/C19H16N2O4/c1-2-24-17(22)15-16(12-8-4-3-5-9-12)21-25-19(15)13-10-6-7-11-14(13)20-18(19)23/h3-11,15H,2H2,1H3,(H,20,23)/t15-,19+/m0/s1. The van der Waals surface area contributed by atoms with E-state index in [9.17, 15) is 9.59 Å². The monoisotopic (exact) mass is 336 g/mol. The Morgan fingerprint density at radius 1 is 1.20 bits per heavy atom. The number of esters is 1. The number of nitrogens with zero attached hydrogens (tertiary/aromatic N) is 1. The summed E-state index contributed by atoms with van der Waals surface area (Å²) in [4.78, 5) is 31.3. The van der Waals surface area contributed by atoms with Crippen molar-refractivity contribution in [2.75, 3.05) is 11.9 Å². The fourth-order valence-electron chi connectivity index (χ4n) is 3.38. The molecule has 1 N–H and O–H groups in total. The molecule has 2 aliphatic heterocycles. The molecule has 0 radical (unpaired) electrons. The number of hydrogen-bond acceptors (Lipinski definition) is 5. The van der Waals surface area contributed by atoms with E-state index in [1.807, 2.05) is 36.4 Å². The highest BCUT2D eigenvalue weighted by molar-refractivity contribution is 6.20. The number of anilines is 1. The van der Waals surface area contributed by atoms with E-state index in [1.165, 1.54) is 0 Å². The lowest BCUT2D eigenvalue weighted by Gasteiger charge is -2.25. The molecule has 0 unspecified atom stereocenters. The first kappa shape index (κ1) is 15.4. The Hall–Kier alpha value is -3.15. The van der Waals surface area contributed by atoms with Crippen LogP contribution in [0.15, 0.2) is 59.8 Å². The van der Waals surface area contributed by atoms with Crippen LogP contribution in [0.1, 0.15) is 18.1 Å². The van der Waals surface area contributed by atoms with Crippen molar-refractivity contribution in [2.24, 2.45) is 11.1 Å². The Kier molecular flexibility index (Phi) is 3.53. The van der Waals surface area contributed by atoms with E-state index in [-0.39, 0.29) is 6.61 Å². The Morgan fingerprint density at radius 2 is 1.92 bits per heavy atom. The molecular formula is C19H16N2O4. The maximum atomic E-state index is 12.8. The number of ether oxygens (including phenoxy) is 1. The number of fused-ring (bicyclic) bond motifs is 2. The average Bonchev–Trinajstić information content (AvgIpc) is 3.16. The molecule has 126 valence electrons. The first-order chi connectivity index (χ1) is 12.2. The third-order valence-electron chi connectivity index (χ3n) is 4.47. The Morgan fingerprint density at radius 3 is 2.68 bits per heavy atom. The number of hydrogen-bond donors (Lipinski definition) is 1. The second kappa shape index (κ2) is 5.73. The zero-order valence-corrected chi connectivity index (χ0v) is 13.6. The summed E-state index contributed by atoms with van der Waals surface area (Å²) >= 11 is 0. The molecule has 0 aliphatic carbocycles. The minimum atomic E-state index is -1.53. The van der Waals surface area contributed by atoms with Crippen LogP contribution in [0.2, 0.25) is 0 Å². The SMILES string of the molecule is CCOC(=O)[C@@H]1C(c2ccccc2)=NO[C@@]12C(=O)Nc1ccccc12. The number of rotatable bonds is 3. The minimum Gasteiger partial charge on any atom is -0.465 e. The van der Waals surface area contributed by atoms with Gasteiger partial charge in [-0.05, 0) is 13.0 Å². The van der Waals surface area contributed by atoms with Gasteiger partial charge in [0.25, 0.3) is 11.5 Å². The number of benzene rings is 2. The topological polar surface area (TPSA) is 77.0 Å². The molecule has 4 rings (SSSR count). The average molecular weight is 336 g/mol. The molecule has 1 spiro atoms. The quantitative estimate of drug-likeness (QED) is 0.874. The van der Waals surface area contributed by atoms with Gasteiger partial charge in [0.15, 0.2) is 5.92 Å². The van der Waals surface area contributed by atoms with Crippen LogP contribution in [0.5, 0.6) is 0 Å². The second-order valence-corrected chi connectivity index (χ2v) is 5.85. The zero-order valence-electron chi connectivity index (χ0n) is 13.6. The molecule has 0 aromatic heterocycles. The van der Waals surface area contributed by atoms with Crippen LogP contribution < -0.4 is 5.32 Å². The Labute approximate surface area is 144 Å². The van der Waals surface area contributed by atoms with Gasteiger partial charge in [-0.1, -0.05) is 53.7 Å². The van der Waals surface area contributed by atoms with Gasteiger partial charge in [0.1, 0.15) is 5.71 Å². The molecule has 2 aliphatic rings. The van der Waals surface area contributed by atoms with Crippen LogP contribution in [0.3, 0.4) is 0 Å². The van der Waals surface area contributed by atoms with Gasteiger partial charge in [-0.2, -0.15) is 0 Å². The maximum Gasteiger partial charge on any atom is 0.320 e. The molecule has 0 bridgehead atoms. The van der Waals surface area contributed by atoms with Crippen molar-refractivity contribution in [1.82, 2.24) is 0 Å². The molecular weight excluding hydrogens is 320 g/mol. The van der Waals surface area contributed by atoms with Crippen molar-refractivity contribution in [3.8, 4) is 0 Å². The molecule has 2 atom stereocenters. The predicted octanol–water partition coefficient (Wildman–Crippen LogP) is 2.45. The number of para-hydroxylation sites is 1. The molecule has 25 heavy (non-hydrogen) atoms. The van der Waals surface area contributed by atoms with E-state index in [2.05, 4.69) is 10.5 Å². The van der Waals surface area contributed by atoms with Crippen molar-refractivity contribution in [3.05, 3.63) is 65.7 Å². The third-order valence-corrected chi connectivity index (χ3v) is 4.47. The Bertz CT molecular complexity index is 878. The van der Waals surface area contributed by atoms with Crippen LogP contribution in [-0.4, -0.2) is 24.2 Å². The van der Waals surface area contributed by atoms with Crippen LogP contribution in [-0.2, 0) is 24.8 Å². The van der Waals surface area contributed by atoms with Gasteiger partial charge >= 0.3 is 5.97 Å². The highest BCUT2D eigenvalue weighted by Crippen LogP contribution is 2.49. The molecule has 6 nitrogen and oxygen atoms in total. The largest absolute Gasteiger partial charge is 0.465 e. The van der Waals surface area contributed by atoms with Gasteiger partial charge in [-0.25, -0.2) is 0 Å². The smallest absolute Gasteiger partial charge is 0.320 e. The normalized spacial score (nSPS) is 23.6. The number of carbonyl (C=O) groups is 2. The van der Waals surface area contributed by atoms with Crippen LogP contribution >= 0.6 is 0 Å². The first-order valence-corrected chi connectivity index (χ1v) is 8.07. The lowest BCUT2D eigenvalue weighted by Crippen LogP contribution is -2.47.